The van der Waals surface area contributed by atoms with E-state index in [-0.39, 0.29) is 18.7 Å². The fourth-order valence-electron chi connectivity index (χ4n) is 3.21. The highest BCUT2D eigenvalue weighted by Gasteiger charge is 2.32. The Morgan fingerprint density at radius 2 is 1.81 bits per heavy atom. The van der Waals surface area contributed by atoms with E-state index in [4.69, 9.17) is 4.74 Å². The predicted molar refractivity (Wildman–Crippen MR) is 105 cm³/mol. The standard InChI is InChI=1S/C19H31N2O5P/c1-19(2,3)26-18(22)21(13-14-27(23,24)25)17-9-11-20(12-10-17)15-16-7-5-4-6-8-16/h4-8,17H,9-15H2,1-3H3,(H2,23,24,25). The minimum atomic E-state index is -4.18. The number of likely N-dealkylation sites (tertiary alicyclic amines) is 1. The van der Waals surface area contributed by atoms with Crippen molar-refractivity contribution < 1.29 is 23.9 Å². The molecule has 1 fully saturated rings. The monoisotopic (exact) mass is 398 g/mol. The number of carbonyl (C=O) groups excluding carboxylic acids is 1. The van der Waals surface area contributed by atoms with E-state index in [1.165, 1.54) is 10.5 Å². The number of rotatable bonds is 6. The molecule has 152 valence electrons. The van der Waals surface area contributed by atoms with Crippen LogP contribution in [0.5, 0.6) is 0 Å². The van der Waals surface area contributed by atoms with E-state index in [2.05, 4.69) is 17.0 Å². The molecule has 1 aliphatic rings. The lowest BCUT2D eigenvalue weighted by Gasteiger charge is -2.39. The summed E-state index contributed by atoms with van der Waals surface area (Å²) in [5, 5.41) is 0. The molecule has 0 bridgehead atoms. The average Bonchev–Trinajstić information content (AvgIpc) is 2.55. The summed E-state index contributed by atoms with van der Waals surface area (Å²) in [7, 11) is -4.18. The number of carbonyl (C=O) groups is 1. The van der Waals surface area contributed by atoms with Gasteiger partial charge >= 0.3 is 13.7 Å². The van der Waals surface area contributed by atoms with Crippen molar-refractivity contribution in [1.82, 2.24) is 9.80 Å². The molecule has 1 heterocycles. The van der Waals surface area contributed by atoms with Crippen LogP contribution < -0.4 is 0 Å². The minimum absolute atomic E-state index is 0.00252. The van der Waals surface area contributed by atoms with E-state index in [1.807, 2.05) is 18.2 Å². The van der Waals surface area contributed by atoms with Crippen LogP contribution in [0.25, 0.3) is 0 Å². The Kier molecular flexibility index (Phi) is 7.46. The molecule has 1 amide bonds. The van der Waals surface area contributed by atoms with Crippen molar-refractivity contribution in [2.24, 2.45) is 0 Å². The molecule has 1 aromatic carbocycles. The second-order valence-corrected chi connectivity index (χ2v) is 9.83. The molecule has 1 saturated heterocycles. The van der Waals surface area contributed by atoms with Gasteiger partial charge in [0, 0.05) is 32.2 Å². The summed E-state index contributed by atoms with van der Waals surface area (Å²) in [6, 6.07) is 10.2. The van der Waals surface area contributed by atoms with Crippen LogP contribution in [-0.2, 0) is 15.8 Å². The van der Waals surface area contributed by atoms with Gasteiger partial charge in [-0.05, 0) is 39.2 Å². The summed E-state index contributed by atoms with van der Waals surface area (Å²) in [4.78, 5) is 34.8. The summed E-state index contributed by atoms with van der Waals surface area (Å²) in [6.07, 6.45) is 0.661. The normalized spacial score (nSPS) is 16.9. The van der Waals surface area contributed by atoms with Crippen molar-refractivity contribution in [3.63, 3.8) is 0 Å². The van der Waals surface area contributed by atoms with Crippen LogP contribution in [0.15, 0.2) is 30.3 Å². The zero-order valence-electron chi connectivity index (χ0n) is 16.4. The lowest BCUT2D eigenvalue weighted by atomic mass is 10.0. The summed E-state index contributed by atoms with van der Waals surface area (Å²) >= 11 is 0. The second kappa shape index (κ2) is 9.20. The first-order valence-electron chi connectivity index (χ1n) is 9.34. The summed E-state index contributed by atoms with van der Waals surface area (Å²) < 4.78 is 16.8. The van der Waals surface area contributed by atoms with E-state index < -0.39 is 19.3 Å². The third kappa shape index (κ3) is 8.01. The van der Waals surface area contributed by atoms with Crippen molar-refractivity contribution in [1.29, 1.82) is 0 Å². The van der Waals surface area contributed by atoms with Gasteiger partial charge in [-0.3, -0.25) is 9.46 Å². The Bertz CT molecular complexity index is 648. The summed E-state index contributed by atoms with van der Waals surface area (Å²) in [6.45, 7) is 7.88. The number of benzene rings is 1. The molecule has 0 atom stereocenters. The molecule has 27 heavy (non-hydrogen) atoms. The number of nitrogens with zero attached hydrogens (tertiary/aromatic N) is 2. The van der Waals surface area contributed by atoms with Gasteiger partial charge in [-0.1, -0.05) is 30.3 Å². The first-order valence-corrected chi connectivity index (χ1v) is 11.1. The van der Waals surface area contributed by atoms with Crippen LogP contribution in [0.3, 0.4) is 0 Å². The molecule has 0 radical (unpaired) electrons. The highest BCUT2D eigenvalue weighted by Crippen LogP contribution is 2.34. The van der Waals surface area contributed by atoms with Gasteiger partial charge in [-0.2, -0.15) is 0 Å². The molecule has 0 saturated carbocycles. The smallest absolute Gasteiger partial charge is 0.410 e. The van der Waals surface area contributed by atoms with Gasteiger partial charge in [0.25, 0.3) is 0 Å². The third-order valence-electron chi connectivity index (χ3n) is 4.51. The van der Waals surface area contributed by atoms with Crippen molar-refractivity contribution in [3.05, 3.63) is 35.9 Å². The van der Waals surface area contributed by atoms with Gasteiger partial charge in [0.1, 0.15) is 5.60 Å². The highest BCUT2D eigenvalue weighted by molar-refractivity contribution is 7.51. The maximum Gasteiger partial charge on any atom is 0.410 e. The Labute approximate surface area is 161 Å². The Morgan fingerprint density at radius 1 is 1.22 bits per heavy atom. The quantitative estimate of drug-likeness (QED) is 0.716. The maximum atomic E-state index is 12.6. The molecule has 7 nitrogen and oxygen atoms in total. The summed E-state index contributed by atoms with van der Waals surface area (Å²) in [5.41, 5.74) is 0.604. The first kappa shape index (κ1) is 21.9. The van der Waals surface area contributed by atoms with Gasteiger partial charge in [-0.25, -0.2) is 4.79 Å². The molecule has 0 aliphatic carbocycles. The fourth-order valence-corrected chi connectivity index (χ4v) is 3.69. The van der Waals surface area contributed by atoms with E-state index in [1.54, 1.807) is 20.8 Å². The molecular formula is C19H31N2O5P. The van der Waals surface area contributed by atoms with Crippen LogP contribution in [0.1, 0.15) is 39.2 Å². The molecule has 8 heteroatoms. The van der Waals surface area contributed by atoms with Crippen molar-refractivity contribution >= 4 is 13.7 Å². The Hall–Kier alpha value is -1.40. The SMILES string of the molecule is CC(C)(C)OC(=O)N(CCP(=O)(O)O)C1CCN(Cc2ccccc2)CC1. The van der Waals surface area contributed by atoms with Gasteiger partial charge in [0.15, 0.2) is 0 Å². The molecule has 1 aromatic rings. The van der Waals surface area contributed by atoms with Crippen molar-refractivity contribution in [2.75, 3.05) is 25.8 Å². The topological polar surface area (TPSA) is 90.3 Å². The number of hydrogen-bond acceptors (Lipinski definition) is 4. The summed E-state index contributed by atoms with van der Waals surface area (Å²) in [5.74, 6) is 0. The van der Waals surface area contributed by atoms with Crippen LogP contribution in [-0.4, -0.2) is 63.1 Å². The van der Waals surface area contributed by atoms with Crippen LogP contribution in [0.2, 0.25) is 0 Å². The zero-order valence-corrected chi connectivity index (χ0v) is 17.3. The highest BCUT2D eigenvalue weighted by atomic mass is 31.2. The van der Waals surface area contributed by atoms with Crippen LogP contribution in [0.4, 0.5) is 4.79 Å². The van der Waals surface area contributed by atoms with Crippen LogP contribution in [0, 0.1) is 0 Å². The second-order valence-electron chi connectivity index (χ2n) is 8.05. The zero-order chi connectivity index (χ0) is 20.1. The maximum absolute atomic E-state index is 12.6. The number of ether oxygens (including phenoxy) is 1. The molecule has 0 unspecified atom stereocenters. The molecule has 0 aromatic heterocycles. The third-order valence-corrected chi connectivity index (χ3v) is 5.29. The van der Waals surface area contributed by atoms with E-state index in [0.717, 1.165) is 32.5 Å². The van der Waals surface area contributed by atoms with E-state index in [0.29, 0.717) is 0 Å². The largest absolute Gasteiger partial charge is 0.444 e. The first-order chi connectivity index (χ1) is 12.5. The molecule has 2 rings (SSSR count). The number of piperidine rings is 1. The predicted octanol–water partition coefficient (Wildman–Crippen LogP) is 3.07. The van der Waals surface area contributed by atoms with Crippen LogP contribution >= 0.6 is 7.60 Å². The molecule has 1 aliphatic heterocycles. The number of amides is 1. The minimum Gasteiger partial charge on any atom is -0.444 e. The van der Waals surface area contributed by atoms with Crippen molar-refractivity contribution in [2.45, 2.75) is 51.8 Å². The Morgan fingerprint density at radius 3 is 2.33 bits per heavy atom. The van der Waals surface area contributed by atoms with Crippen molar-refractivity contribution in [3.8, 4) is 0 Å². The van der Waals surface area contributed by atoms with Gasteiger partial charge in [0.05, 0.1) is 6.16 Å². The molecular weight excluding hydrogens is 367 g/mol. The lowest BCUT2D eigenvalue weighted by molar-refractivity contribution is 0.00926. The van der Waals surface area contributed by atoms with Gasteiger partial charge in [-0.15, -0.1) is 0 Å². The lowest BCUT2D eigenvalue weighted by Crippen LogP contribution is -2.49. The van der Waals surface area contributed by atoms with E-state index >= 15 is 0 Å². The van der Waals surface area contributed by atoms with Gasteiger partial charge in [0.2, 0.25) is 0 Å². The Balaban J connectivity index is 1.97. The van der Waals surface area contributed by atoms with E-state index in [9.17, 15) is 19.1 Å². The fraction of sp³-hybridized carbons (Fsp3) is 0.632. The van der Waals surface area contributed by atoms with Gasteiger partial charge < -0.3 is 19.4 Å². The molecule has 0 spiro atoms. The number of hydrogen-bond donors (Lipinski definition) is 2. The average molecular weight is 398 g/mol. The molecule has 2 N–H and O–H groups in total.